The number of halogens is 3. The van der Waals surface area contributed by atoms with E-state index in [9.17, 15) is 13.2 Å². The number of rotatable bonds is 4. The molecule has 0 amide bonds. The maximum absolute atomic E-state index is 13.5. The summed E-state index contributed by atoms with van der Waals surface area (Å²) in [5.74, 6) is -2.41. The summed E-state index contributed by atoms with van der Waals surface area (Å²) in [5.41, 5.74) is 0.794. The number of hydrogen-bond acceptors (Lipinski definition) is 2. The molecule has 0 fully saturated rings. The van der Waals surface area contributed by atoms with Crippen molar-refractivity contribution in [1.29, 1.82) is 0 Å². The van der Waals surface area contributed by atoms with Gasteiger partial charge in [0.1, 0.15) is 11.6 Å². The molecule has 2 rings (SSSR count). The summed E-state index contributed by atoms with van der Waals surface area (Å²) in [6.45, 7) is 1.79. The van der Waals surface area contributed by atoms with Gasteiger partial charge in [0.2, 0.25) is 0 Å². The minimum atomic E-state index is -1.20. The van der Waals surface area contributed by atoms with Gasteiger partial charge in [-0.05, 0) is 24.6 Å². The summed E-state index contributed by atoms with van der Waals surface area (Å²) in [5, 5.41) is 2.81. The van der Waals surface area contributed by atoms with Gasteiger partial charge in [-0.2, -0.15) is 0 Å². The molecule has 2 nitrogen and oxygen atoms in total. The Morgan fingerprint density at radius 1 is 0.950 bits per heavy atom. The molecule has 5 heteroatoms. The predicted molar refractivity (Wildman–Crippen MR) is 71.3 cm³/mol. The van der Waals surface area contributed by atoms with Crippen LogP contribution in [0.25, 0.3) is 0 Å². The molecule has 0 radical (unpaired) electrons. The summed E-state index contributed by atoms with van der Waals surface area (Å²) in [6.07, 6.45) is 0. The average molecular weight is 281 g/mol. The van der Waals surface area contributed by atoms with E-state index in [1.165, 1.54) is 0 Å². The fourth-order valence-corrected chi connectivity index (χ4v) is 1.84. The summed E-state index contributed by atoms with van der Waals surface area (Å²) in [4.78, 5) is 0. The number of anilines is 1. The van der Waals surface area contributed by atoms with Crippen molar-refractivity contribution in [2.45, 2.75) is 13.0 Å². The Bertz CT molecular complexity index is 599. The van der Waals surface area contributed by atoms with Crippen LogP contribution in [0.1, 0.15) is 18.5 Å². The lowest BCUT2D eigenvalue weighted by atomic mass is 10.1. The minimum absolute atomic E-state index is 0.0766. The molecule has 2 aromatic carbocycles. The molecule has 1 atom stereocenters. The van der Waals surface area contributed by atoms with Crippen LogP contribution in [0.15, 0.2) is 36.4 Å². The quantitative estimate of drug-likeness (QED) is 0.844. The number of methoxy groups -OCH3 is 1. The first-order chi connectivity index (χ1) is 9.51. The SMILES string of the molecule is COc1ccc(C(C)Nc2cc(F)c(F)cc2F)cc1. The molecule has 0 aromatic heterocycles. The zero-order valence-electron chi connectivity index (χ0n) is 11.1. The van der Waals surface area contributed by atoms with E-state index >= 15 is 0 Å². The average Bonchev–Trinajstić information content (AvgIpc) is 2.44. The smallest absolute Gasteiger partial charge is 0.161 e. The Morgan fingerprint density at radius 3 is 2.15 bits per heavy atom. The predicted octanol–water partition coefficient (Wildman–Crippen LogP) is 4.29. The highest BCUT2D eigenvalue weighted by Gasteiger charge is 2.12. The first kappa shape index (κ1) is 14.2. The third kappa shape index (κ3) is 3.04. The van der Waals surface area contributed by atoms with E-state index in [1.54, 1.807) is 26.2 Å². The maximum atomic E-state index is 13.5. The normalized spacial score (nSPS) is 12.1. The largest absolute Gasteiger partial charge is 0.497 e. The van der Waals surface area contributed by atoms with E-state index in [4.69, 9.17) is 4.74 Å². The molecule has 1 unspecified atom stereocenters. The number of hydrogen-bond donors (Lipinski definition) is 1. The Kier molecular flexibility index (Phi) is 4.17. The van der Waals surface area contributed by atoms with E-state index in [1.807, 2.05) is 12.1 Å². The van der Waals surface area contributed by atoms with Crippen LogP contribution in [-0.2, 0) is 0 Å². The Morgan fingerprint density at radius 2 is 1.55 bits per heavy atom. The second-order valence-electron chi connectivity index (χ2n) is 4.39. The number of benzene rings is 2. The molecule has 0 heterocycles. The van der Waals surface area contributed by atoms with Crippen molar-refractivity contribution in [3.8, 4) is 5.75 Å². The van der Waals surface area contributed by atoms with Crippen LogP contribution < -0.4 is 10.1 Å². The van der Waals surface area contributed by atoms with Crippen molar-refractivity contribution in [2.75, 3.05) is 12.4 Å². The van der Waals surface area contributed by atoms with Crippen molar-refractivity contribution in [2.24, 2.45) is 0 Å². The molecule has 0 saturated heterocycles. The lowest BCUT2D eigenvalue weighted by Gasteiger charge is -2.16. The second kappa shape index (κ2) is 5.86. The van der Waals surface area contributed by atoms with E-state index < -0.39 is 17.5 Å². The number of nitrogens with one attached hydrogen (secondary N) is 1. The zero-order chi connectivity index (χ0) is 14.7. The minimum Gasteiger partial charge on any atom is -0.497 e. The van der Waals surface area contributed by atoms with E-state index in [-0.39, 0.29) is 11.7 Å². The molecule has 0 aliphatic heterocycles. The van der Waals surface area contributed by atoms with E-state index in [2.05, 4.69) is 5.32 Å². The van der Waals surface area contributed by atoms with Crippen LogP contribution in [0.2, 0.25) is 0 Å². The lowest BCUT2D eigenvalue weighted by molar-refractivity contribution is 0.414. The maximum Gasteiger partial charge on any atom is 0.161 e. The molecule has 0 aliphatic rings. The standard InChI is InChI=1S/C15H14F3NO/c1-9(10-3-5-11(20-2)6-4-10)19-15-8-13(17)12(16)7-14(15)18/h3-9,19H,1-2H3. The van der Waals surface area contributed by atoms with Crippen LogP contribution in [0.5, 0.6) is 5.75 Å². The van der Waals surface area contributed by atoms with Gasteiger partial charge in [-0.15, -0.1) is 0 Å². The molecule has 0 saturated carbocycles. The van der Waals surface area contributed by atoms with Gasteiger partial charge in [0.15, 0.2) is 11.6 Å². The van der Waals surface area contributed by atoms with Crippen LogP contribution in [-0.4, -0.2) is 7.11 Å². The molecule has 2 aromatic rings. The zero-order valence-corrected chi connectivity index (χ0v) is 11.1. The van der Waals surface area contributed by atoms with Gasteiger partial charge < -0.3 is 10.1 Å². The third-order valence-electron chi connectivity index (χ3n) is 3.00. The highest BCUT2D eigenvalue weighted by atomic mass is 19.2. The van der Waals surface area contributed by atoms with Crippen LogP contribution in [0.4, 0.5) is 18.9 Å². The Labute approximate surface area is 115 Å². The highest BCUT2D eigenvalue weighted by Crippen LogP contribution is 2.25. The van der Waals surface area contributed by atoms with Crippen molar-refractivity contribution < 1.29 is 17.9 Å². The molecule has 0 bridgehead atoms. The fraction of sp³-hybridized carbons (Fsp3) is 0.200. The monoisotopic (exact) mass is 281 g/mol. The van der Waals surface area contributed by atoms with E-state index in [0.29, 0.717) is 11.8 Å². The fourth-order valence-electron chi connectivity index (χ4n) is 1.84. The highest BCUT2D eigenvalue weighted by molar-refractivity contribution is 5.47. The first-order valence-electron chi connectivity index (χ1n) is 6.06. The molecule has 0 spiro atoms. The van der Waals surface area contributed by atoms with Crippen LogP contribution in [0, 0.1) is 17.5 Å². The van der Waals surface area contributed by atoms with Gasteiger partial charge in [0.05, 0.1) is 12.8 Å². The van der Waals surface area contributed by atoms with Gasteiger partial charge in [0.25, 0.3) is 0 Å². The molecule has 106 valence electrons. The van der Waals surface area contributed by atoms with Gasteiger partial charge >= 0.3 is 0 Å². The number of ether oxygens (including phenoxy) is 1. The topological polar surface area (TPSA) is 21.3 Å². The van der Waals surface area contributed by atoms with Crippen LogP contribution in [0.3, 0.4) is 0 Å². The van der Waals surface area contributed by atoms with Gasteiger partial charge in [-0.25, -0.2) is 13.2 Å². The van der Waals surface area contributed by atoms with Crippen molar-refractivity contribution in [3.05, 3.63) is 59.4 Å². The van der Waals surface area contributed by atoms with E-state index in [0.717, 1.165) is 11.6 Å². The first-order valence-corrected chi connectivity index (χ1v) is 6.06. The van der Waals surface area contributed by atoms with Crippen molar-refractivity contribution in [1.82, 2.24) is 0 Å². The second-order valence-corrected chi connectivity index (χ2v) is 4.39. The Balaban J connectivity index is 2.18. The summed E-state index contributed by atoms with van der Waals surface area (Å²) < 4.78 is 44.5. The molecule has 1 N–H and O–H groups in total. The van der Waals surface area contributed by atoms with Gasteiger partial charge in [-0.3, -0.25) is 0 Å². The van der Waals surface area contributed by atoms with Gasteiger partial charge in [0, 0.05) is 18.2 Å². The molecular weight excluding hydrogens is 267 g/mol. The summed E-state index contributed by atoms with van der Waals surface area (Å²) in [6, 6.07) is 8.25. The molecule has 20 heavy (non-hydrogen) atoms. The lowest BCUT2D eigenvalue weighted by Crippen LogP contribution is -2.08. The summed E-state index contributed by atoms with van der Waals surface area (Å²) in [7, 11) is 1.56. The molecule has 0 aliphatic carbocycles. The third-order valence-corrected chi connectivity index (χ3v) is 3.00. The van der Waals surface area contributed by atoms with Crippen LogP contribution >= 0.6 is 0 Å². The molecular formula is C15H14F3NO. The summed E-state index contributed by atoms with van der Waals surface area (Å²) >= 11 is 0. The van der Waals surface area contributed by atoms with Crippen molar-refractivity contribution >= 4 is 5.69 Å². The van der Waals surface area contributed by atoms with Crippen molar-refractivity contribution in [3.63, 3.8) is 0 Å². The van der Waals surface area contributed by atoms with Gasteiger partial charge in [-0.1, -0.05) is 12.1 Å². The Hall–Kier alpha value is -2.17.